The summed E-state index contributed by atoms with van der Waals surface area (Å²) in [6, 6.07) is 18.2. The van der Waals surface area contributed by atoms with Gasteiger partial charge in [0.2, 0.25) is 5.28 Å². The Kier molecular flexibility index (Phi) is 4.73. The van der Waals surface area contributed by atoms with E-state index in [1.165, 1.54) is 4.88 Å². The highest BCUT2D eigenvalue weighted by Gasteiger charge is 2.09. The zero-order chi connectivity index (χ0) is 17.9. The van der Waals surface area contributed by atoms with Crippen LogP contribution in [0, 0.1) is 0 Å². The van der Waals surface area contributed by atoms with Gasteiger partial charge in [-0.25, -0.2) is 9.97 Å². The standard InChI is InChI=1S/C20H16ClN3OS/c1-25-15-7-4-13(5-8-15)12-22-19-16-9-6-14(18-3-2-10-26-18)11-17(16)23-20(21)24-19/h2-11H,12H2,1H3,(H,22,23,24). The molecule has 130 valence electrons. The van der Waals surface area contributed by atoms with Crippen molar-refractivity contribution in [1.82, 2.24) is 9.97 Å². The average molecular weight is 382 g/mol. The number of aromatic nitrogens is 2. The summed E-state index contributed by atoms with van der Waals surface area (Å²) in [6.07, 6.45) is 0. The van der Waals surface area contributed by atoms with Crippen LogP contribution in [0.4, 0.5) is 5.82 Å². The number of rotatable bonds is 5. The van der Waals surface area contributed by atoms with E-state index in [0.717, 1.165) is 33.6 Å². The molecular formula is C20H16ClN3OS. The lowest BCUT2D eigenvalue weighted by Gasteiger charge is -2.10. The van der Waals surface area contributed by atoms with Crippen LogP contribution in [0.5, 0.6) is 5.75 Å². The SMILES string of the molecule is COc1ccc(CNc2nc(Cl)nc3cc(-c4cccs4)ccc23)cc1. The molecular weight excluding hydrogens is 366 g/mol. The summed E-state index contributed by atoms with van der Waals surface area (Å²) in [5.41, 5.74) is 3.08. The second-order valence-corrected chi connectivity index (χ2v) is 7.04. The molecule has 0 unspecified atom stereocenters. The van der Waals surface area contributed by atoms with Crippen LogP contribution in [0.25, 0.3) is 21.3 Å². The molecule has 2 aromatic carbocycles. The van der Waals surface area contributed by atoms with Crippen LogP contribution in [0.15, 0.2) is 60.0 Å². The molecule has 0 saturated heterocycles. The third-order valence-electron chi connectivity index (χ3n) is 4.09. The van der Waals surface area contributed by atoms with Gasteiger partial charge < -0.3 is 10.1 Å². The molecule has 0 spiro atoms. The molecule has 4 aromatic rings. The fourth-order valence-electron chi connectivity index (χ4n) is 2.76. The van der Waals surface area contributed by atoms with Crippen molar-refractivity contribution in [3.63, 3.8) is 0 Å². The molecule has 0 fully saturated rings. The number of benzene rings is 2. The minimum atomic E-state index is 0.234. The maximum atomic E-state index is 6.15. The first kappa shape index (κ1) is 16.8. The summed E-state index contributed by atoms with van der Waals surface area (Å²) in [5, 5.41) is 6.61. The first-order valence-corrected chi connectivity index (χ1v) is 9.37. The number of methoxy groups -OCH3 is 1. The molecule has 0 radical (unpaired) electrons. The summed E-state index contributed by atoms with van der Waals surface area (Å²) < 4.78 is 5.19. The maximum absolute atomic E-state index is 6.15. The van der Waals surface area contributed by atoms with Crippen LogP contribution < -0.4 is 10.1 Å². The highest BCUT2D eigenvalue weighted by molar-refractivity contribution is 7.13. The molecule has 0 bridgehead atoms. The minimum Gasteiger partial charge on any atom is -0.497 e. The van der Waals surface area contributed by atoms with Gasteiger partial charge in [-0.3, -0.25) is 0 Å². The van der Waals surface area contributed by atoms with E-state index in [9.17, 15) is 0 Å². The van der Waals surface area contributed by atoms with Crippen molar-refractivity contribution in [2.75, 3.05) is 12.4 Å². The van der Waals surface area contributed by atoms with E-state index in [1.807, 2.05) is 42.5 Å². The van der Waals surface area contributed by atoms with E-state index >= 15 is 0 Å². The Hall–Kier alpha value is -2.63. The molecule has 26 heavy (non-hydrogen) atoms. The second-order valence-electron chi connectivity index (χ2n) is 5.75. The zero-order valence-electron chi connectivity index (χ0n) is 14.1. The maximum Gasteiger partial charge on any atom is 0.224 e. The number of anilines is 1. The third kappa shape index (κ3) is 3.49. The monoisotopic (exact) mass is 381 g/mol. The van der Waals surface area contributed by atoms with Crippen molar-refractivity contribution < 1.29 is 4.74 Å². The van der Waals surface area contributed by atoms with E-state index in [0.29, 0.717) is 6.54 Å². The molecule has 0 amide bonds. The molecule has 0 atom stereocenters. The molecule has 4 nitrogen and oxygen atoms in total. The van der Waals surface area contributed by atoms with Crippen molar-refractivity contribution in [3.05, 3.63) is 70.8 Å². The Balaban J connectivity index is 1.63. The number of thiophene rings is 1. The molecule has 4 rings (SSSR count). The Morgan fingerprint density at radius 1 is 1.08 bits per heavy atom. The Morgan fingerprint density at radius 2 is 1.92 bits per heavy atom. The van der Waals surface area contributed by atoms with Crippen LogP contribution in [-0.4, -0.2) is 17.1 Å². The average Bonchev–Trinajstić information content (AvgIpc) is 3.20. The van der Waals surface area contributed by atoms with E-state index in [-0.39, 0.29) is 5.28 Å². The van der Waals surface area contributed by atoms with Crippen LogP contribution in [0.2, 0.25) is 5.28 Å². The van der Waals surface area contributed by atoms with Gasteiger partial charge in [-0.2, -0.15) is 0 Å². The number of nitrogens with one attached hydrogen (secondary N) is 1. The van der Waals surface area contributed by atoms with Gasteiger partial charge in [0.15, 0.2) is 0 Å². The van der Waals surface area contributed by atoms with Crippen LogP contribution >= 0.6 is 22.9 Å². The number of ether oxygens (including phenoxy) is 1. The molecule has 1 N–H and O–H groups in total. The van der Waals surface area contributed by atoms with Gasteiger partial charge in [-0.05, 0) is 58.4 Å². The summed E-state index contributed by atoms with van der Waals surface area (Å²) >= 11 is 7.85. The van der Waals surface area contributed by atoms with Crippen molar-refractivity contribution in [2.45, 2.75) is 6.54 Å². The van der Waals surface area contributed by atoms with Crippen molar-refractivity contribution in [3.8, 4) is 16.2 Å². The zero-order valence-corrected chi connectivity index (χ0v) is 15.6. The van der Waals surface area contributed by atoms with Crippen molar-refractivity contribution in [2.24, 2.45) is 0 Å². The fourth-order valence-corrected chi connectivity index (χ4v) is 3.66. The predicted octanol–water partition coefficient (Wildman–Crippen LogP) is 5.63. The van der Waals surface area contributed by atoms with Crippen LogP contribution in [0.1, 0.15) is 5.56 Å². The van der Waals surface area contributed by atoms with Gasteiger partial charge in [0.1, 0.15) is 11.6 Å². The lowest BCUT2D eigenvalue weighted by molar-refractivity contribution is 0.414. The lowest BCUT2D eigenvalue weighted by Crippen LogP contribution is -2.03. The Morgan fingerprint density at radius 3 is 2.65 bits per heavy atom. The van der Waals surface area contributed by atoms with E-state index in [4.69, 9.17) is 16.3 Å². The van der Waals surface area contributed by atoms with Gasteiger partial charge in [-0.1, -0.05) is 24.3 Å². The largest absolute Gasteiger partial charge is 0.497 e. The number of hydrogen-bond acceptors (Lipinski definition) is 5. The quantitative estimate of drug-likeness (QED) is 0.455. The number of nitrogens with zero attached hydrogens (tertiary/aromatic N) is 2. The van der Waals surface area contributed by atoms with E-state index in [2.05, 4.69) is 32.8 Å². The summed E-state index contributed by atoms with van der Waals surface area (Å²) in [4.78, 5) is 9.95. The molecule has 0 aliphatic heterocycles. The predicted molar refractivity (Wildman–Crippen MR) is 108 cm³/mol. The lowest BCUT2D eigenvalue weighted by atomic mass is 10.1. The highest BCUT2D eigenvalue weighted by Crippen LogP contribution is 2.30. The fraction of sp³-hybridized carbons (Fsp3) is 0.100. The Labute approximate surface area is 160 Å². The number of fused-ring (bicyclic) bond motifs is 1. The van der Waals surface area contributed by atoms with Crippen LogP contribution in [-0.2, 0) is 6.54 Å². The van der Waals surface area contributed by atoms with Gasteiger partial charge in [-0.15, -0.1) is 11.3 Å². The number of halogens is 1. The van der Waals surface area contributed by atoms with Crippen molar-refractivity contribution >= 4 is 39.7 Å². The van der Waals surface area contributed by atoms with Gasteiger partial charge >= 0.3 is 0 Å². The first-order chi connectivity index (χ1) is 12.7. The van der Waals surface area contributed by atoms with Crippen LogP contribution in [0.3, 0.4) is 0 Å². The highest BCUT2D eigenvalue weighted by atomic mass is 35.5. The molecule has 0 saturated carbocycles. The van der Waals surface area contributed by atoms with Gasteiger partial charge in [0.05, 0.1) is 12.6 Å². The van der Waals surface area contributed by atoms with Crippen molar-refractivity contribution in [1.29, 1.82) is 0 Å². The molecule has 0 aliphatic rings. The molecule has 2 aromatic heterocycles. The van der Waals surface area contributed by atoms with E-state index in [1.54, 1.807) is 18.4 Å². The van der Waals surface area contributed by atoms with Gasteiger partial charge in [0.25, 0.3) is 0 Å². The molecule has 0 aliphatic carbocycles. The smallest absolute Gasteiger partial charge is 0.224 e. The summed E-state index contributed by atoms with van der Waals surface area (Å²) in [5.74, 6) is 1.57. The normalized spacial score (nSPS) is 10.8. The third-order valence-corrected chi connectivity index (χ3v) is 5.18. The minimum absolute atomic E-state index is 0.234. The second kappa shape index (κ2) is 7.32. The topological polar surface area (TPSA) is 47.0 Å². The van der Waals surface area contributed by atoms with Gasteiger partial charge in [0, 0.05) is 16.8 Å². The molecule has 6 heteroatoms. The first-order valence-electron chi connectivity index (χ1n) is 8.11. The van der Waals surface area contributed by atoms with E-state index < -0.39 is 0 Å². The number of hydrogen-bond donors (Lipinski definition) is 1. The Bertz CT molecular complexity index is 1030. The summed E-state index contributed by atoms with van der Waals surface area (Å²) in [7, 11) is 1.66. The molecule has 2 heterocycles. The summed E-state index contributed by atoms with van der Waals surface area (Å²) in [6.45, 7) is 0.638.